The van der Waals surface area contributed by atoms with Gasteiger partial charge < -0.3 is 9.73 Å². The highest BCUT2D eigenvalue weighted by atomic mass is 79.9. The van der Waals surface area contributed by atoms with Crippen LogP contribution in [0.2, 0.25) is 0 Å². The Morgan fingerprint density at radius 1 is 1.44 bits per heavy atom. The molecule has 2 nitrogen and oxygen atoms in total. The summed E-state index contributed by atoms with van der Waals surface area (Å²) in [5.74, 6) is -0.292. The van der Waals surface area contributed by atoms with Crippen molar-refractivity contribution in [3.8, 4) is 0 Å². The molecule has 0 atom stereocenters. The van der Waals surface area contributed by atoms with E-state index in [1.807, 2.05) is 0 Å². The van der Waals surface area contributed by atoms with Crippen LogP contribution >= 0.6 is 15.9 Å². The lowest BCUT2D eigenvalue weighted by Crippen LogP contribution is -2.15. The second-order valence-electron chi connectivity index (χ2n) is 3.63. The number of likely N-dealkylation sites (N-methyl/N-ethyl adjacent to an activating group) is 1. The van der Waals surface area contributed by atoms with Crippen molar-refractivity contribution >= 4 is 26.9 Å². The second kappa shape index (κ2) is 4.97. The molecule has 1 aromatic heterocycles. The van der Waals surface area contributed by atoms with Crippen LogP contribution in [0.15, 0.2) is 27.3 Å². The van der Waals surface area contributed by atoms with Crippen molar-refractivity contribution in [3.63, 3.8) is 0 Å². The minimum Gasteiger partial charge on any atom is -0.464 e. The highest BCUT2D eigenvalue weighted by Crippen LogP contribution is 2.27. The van der Waals surface area contributed by atoms with Crippen molar-refractivity contribution in [1.82, 2.24) is 5.32 Å². The van der Waals surface area contributed by atoms with Gasteiger partial charge in [-0.15, -0.1) is 0 Å². The Morgan fingerprint density at radius 3 is 3.00 bits per heavy atom. The van der Waals surface area contributed by atoms with Crippen molar-refractivity contribution in [2.75, 3.05) is 13.1 Å². The predicted molar refractivity (Wildman–Crippen MR) is 66.1 cm³/mol. The number of furan rings is 1. The van der Waals surface area contributed by atoms with Crippen LogP contribution in [0.4, 0.5) is 4.39 Å². The van der Waals surface area contributed by atoms with Gasteiger partial charge in [-0.25, -0.2) is 4.39 Å². The maximum Gasteiger partial charge on any atom is 0.141 e. The fourth-order valence-corrected chi connectivity index (χ4v) is 2.01. The minimum absolute atomic E-state index is 0.292. The number of fused-ring (bicyclic) bond motifs is 1. The molecule has 0 fully saturated rings. The molecule has 0 bridgehead atoms. The highest BCUT2D eigenvalue weighted by molar-refractivity contribution is 9.10. The number of benzene rings is 1. The summed E-state index contributed by atoms with van der Waals surface area (Å²) in [4.78, 5) is 0. The molecule has 0 spiro atoms. The molecule has 0 saturated heterocycles. The van der Waals surface area contributed by atoms with Crippen molar-refractivity contribution in [1.29, 1.82) is 0 Å². The van der Waals surface area contributed by atoms with E-state index in [-0.39, 0.29) is 5.82 Å². The Kier molecular flexibility index (Phi) is 3.61. The molecule has 1 N–H and O–H groups in total. The van der Waals surface area contributed by atoms with E-state index in [9.17, 15) is 4.39 Å². The van der Waals surface area contributed by atoms with Crippen molar-refractivity contribution in [2.24, 2.45) is 0 Å². The van der Waals surface area contributed by atoms with E-state index < -0.39 is 0 Å². The summed E-state index contributed by atoms with van der Waals surface area (Å²) in [7, 11) is 0. The van der Waals surface area contributed by atoms with Crippen molar-refractivity contribution in [3.05, 3.63) is 34.2 Å². The van der Waals surface area contributed by atoms with Gasteiger partial charge in [-0.1, -0.05) is 6.92 Å². The molecule has 16 heavy (non-hydrogen) atoms. The Hall–Kier alpha value is -0.870. The predicted octanol–water partition coefficient (Wildman–Crippen LogP) is 3.49. The van der Waals surface area contributed by atoms with E-state index in [0.29, 0.717) is 10.1 Å². The summed E-state index contributed by atoms with van der Waals surface area (Å²) in [5, 5.41) is 4.23. The topological polar surface area (TPSA) is 25.2 Å². The number of hydrogen-bond donors (Lipinski definition) is 1. The molecule has 1 heterocycles. The molecule has 0 radical (unpaired) electrons. The highest BCUT2D eigenvalue weighted by Gasteiger charge is 2.09. The summed E-state index contributed by atoms with van der Waals surface area (Å²) in [5.41, 5.74) is 1.71. The van der Waals surface area contributed by atoms with Gasteiger partial charge in [0.05, 0.1) is 10.7 Å². The lowest BCUT2D eigenvalue weighted by Gasteiger charge is -2.00. The van der Waals surface area contributed by atoms with Crippen LogP contribution in [0.1, 0.15) is 12.5 Å². The molecule has 0 aliphatic heterocycles. The third kappa shape index (κ3) is 2.28. The van der Waals surface area contributed by atoms with Crippen LogP contribution in [-0.4, -0.2) is 13.1 Å². The Balaban J connectivity index is 2.29. The van der Waals surface area contributed by atoms with E-state index in [4.69, 9.17) is 4.42 Å². The van der Waals surface area contributed by atoms with Crippen molar-refractivity contribution in [2.45, 2.75) is 13.3 Å². The van der Waals surface area contributed by atoms with Gasteiger partial charge in [0.1, 0.15) is 11.4 Å². The summed E-state index contributed by atoms with van der Waals surface area (Å²) in [6, 6.07) is 3.19. The molecule has 0 saturated carbocycles. The van der Waals surface area contributed by atoms with Gasteiger partial charge in [0.15, 0.2) is 0 Å². The van der Waals surface area contributed by atoms with Crippen LogP contribution in [-0.2, 0) is 6.42 Å². The number of hydrogen-bond acceptors (Lipinski definition) is 2. The SMILES string of the molecule is CCNCCc1coc2cc(F)c(Br)cc12. The fourth-order valence-electron chi connectivity index (χ4n) is 1.67. The number of rotatable bonds is 4. The van der Waals surface area contributed by atoms with E-state index >= 15 is 0 Å². The van der Waals surface area contributed by atoms with E-state index in [1.165, 1.54) is 6.07 Å². The smallest absolute Gasteiger partial charge is 0.141 e. The molecule has 2 aromatic rings. The monoisotopic (exact) mass is 285 g/mol. The van der Waals surface area contributed by atoms with Crippen LogP contribution in [0.5, 0.6) is 0 Å². The fraction of sp³-hybridized carbons (Fsp3) is 0.333. The zero-order valence-electron chi connectivity index (χ0n) is 9.02. The normalized spacial score (nSPS) is 11.2. The molecule has 0 amide bonds. The minimum atomic E-state index is -0.292. The molecule has 4 heteroatoms. The lowest BCUT2D eigenvalue weighted by atomic mass is 10.1. The Morgan fingerprint density at radius 2 is 2.25 bits per heavy atom. The maximum absolute atomic E-state index is 13.2. The van der Waals surface area contributed by atoms with E-state index in [2.05, 4.69) is 28.2 Å². The van der Waals surface area contributed by atoms with Gasteiger partial charge in [0, 0.05) is 11.5 Å². The zero-order chi connectivity index (χ0) is 11.5. The first kappa shape index (κ1) is 11.6. The third-order valence-electron chi connectivity index (χ3n) is 2.52. The Labute approximate surface area is 102 Å². The largest absolute Gasteiger partial charge is 0.464 e. The standard InChI is InChI=1S/C12H13BrFNO/c1-2-15-4-3-8-7-16-12-6-11(14)10(13)5-9(8)12/h5-7,15H,2-4H2,1H3. The van der Waals surface area contributed by atoms with Crippen LogP contribution in [0.3, 0.4) is 0 Å². The molecular weight excluding hydrogens is 273 g/mol. The van der Waals surface area contributed by atoms with Crippen LogP contribution in [0.25, 0.3) is 11.0 Å². The van der Waals surface area contributed by atoms with Gasteiger partial charge in [0.25, 0.3) is 0 Å². The lowest BCUT2D eigenvalue weighted by molar-refractivity contribution is 0.592. The van der Waals surface area contributed by atoms with Gasteiger partial charge in [-0.05, 0) is 47.1 Å². The van der Waals surface area contributed by atoms with Gasteiger partial charge >= 0.3 is 0 Å². The quantitative estimate of drug-likeness (QED) is 0.870. The Bertz CT molecular complexity index is 495. The van der Waals surface area contributed by atoms with Gasteiger partial charge in [0.2, 0.25) is 0 Å². The average Bonchev–Trinajstić information content (AvgIpc) is 2.63. The summed E-state index contributed by atoms with van der Waals surface area (Å²) >= 11 is 3.18. The van der Waals surface area contributed by atoms with E-state index in [1.54, 1.807) is 12.3 Å². The summed E-state index contributed by atoms with van der Waals surface area (Å²) < 4.78 is 19.1. The molecule has 1 aromatic carbocycles. The first-order valence-electron chi connectivity index (χ1n) is 5.28. The van der Waals surface area contributed by atoms with Crippen molar-refractivity contribution < 1.29 is 8.81 Å². The molecule has 2 rings (SSSR count). The van der Waals surface area contributed by atoms with Crippen LogP contribution < -0.4 is 5.32 Å². The zero-order valence-corrected chi connectivity index (χ0v) is 10.6. The van der Waals surface area contributed by atoms with Gasteiger partial charge in [-0.3, -0.25) is 0 Å². The molecule has 0 aliphatic rings. The molecule has 0 unspecified atom stereocenters. The molecular formula is C12H13BrFNO. The summed E-state index contributed by atoms with van der Waals surface area (Å²) in [6.07, 6.45) is 2.59. The first-order valence-corrected chi connectivity index (χ1v) is 6.07. The third-order valence-corrected chi connectivity index (χ3v) is 3.13. The summed E-state index contributed by atoms with van der Waals surface area (Å²) in [6.45, 7) is 3.92. The second-order valence-corrected chi connectivity index (χ2v) is 4.48. The van der Waals surface area contributed by atoms with Gasteiger partial charge in [-0.2, -0.15) is 0 Å². The average molecular weight is 286 g/mol. The molecule has 0 aliphatic carbocycles. The maximum atomic E-state index is 13.2. The number of nitrogens with one attached hydrogen (secondary N) is 1. The first-order chi connectivity index (χ1) is 7.72. The van der Waals surface area contributed by atoms with Crippen LogP contribution in [0, 0.1) is 5.82 Å². The molecule has 86 valence electrons. The number of halogens is 2. The van der Waals surface area contributed by atoms with E-state index in [0.717, 1.165) is 30.5 Å².